The van der Waals surface area contributed by atoms with Gasteiger partial charge in [0.1, 0.15) is 23.0 Å². The van der Waals surface area contributed by atoms with Gasteiger partial charge in [0.25, 0.3) is 0 Å². The van der Waals surface area contributed by atoms with Crippen LogP contribution in [0.4, 0.5) is 17.1 Å². The lowest BCUT2D eigenvalue weighted by Crippen LogP contribution is -2.32. The third kappa shape index (κ3) is 5.37. The predicted molar refractivity (Wildman–Crippen MR) is 313 cm³/mol. The third-order valence-electron chi connectivity index (χ3n) is 17.9. The molecule has 0 N–H and O–H groups in total. The highest BCUT2D eigenvalue weighted by Crippen LogP contribution is 2.67. The molecule has 0 amide bonds. The van der Waals surface area contributed by atoms with Crippen molar-refractivity contribution in [2.24, 2.45) is 0 Å². The highest BCUT2D eigenvalue weighted by atomic mass is 16.5. The summed E-state index contributed by atoms with van der Waals surface area (Å²) in [6, 6.07) is 106. The van der Waals surface area contributed by atoms with Gasteiger partial charge in [0.2, 0.25) is 0 Å². The molecule has 2 spiro atoms. The highest BCUT2D eigenvalue weighted by molar-refractivity contribution is 6.04. The Balaban J connectivity index is 1.01. The molecule has 17 rings (SSSR count). The average molecular weight is 994 g/mol. The van der Waals surface area contributed by atoms with E-state index in [4.69, 9.17) is 9.47 Å². The van der Waals surface area contributed by atoms with Crippen molar-refractivity contribution in [3.8, 4) is 56.4 Å². The van der Waals surface area contributed by atoms with E-state index in [1.165, 1.54) is 77.9 Å². The Morgan fingerprint density at radius 2 is 0.564 bits per heavy atom. The lowest BCUT2D eigenvalue weighted by atomic mass is 9.66. The fourth-order valence-corrected chi connectivity index (χ4v) is 15.1. The molecule has 0 saturated heterocycles. The summed E-state index contributed by atoms with van der Waals surface area (Å²) >= 11 is 0. The Hall–Kier alpha value is -9.96. The summed E-state index contributed by atoms with van der Waals surface area (Å²) in [5.74, 6) is 3.49. The average Bonchev–Trinajstić information content (AvgIpc) is 4.28. The second kappa shape index (κ2) is 16.0. The van der Waals surface area contributed by atoms with Crippen LogP contribution in [0.15, 0.2) is 285 Å². The standard InChI is InChI=1S/C75H47NO2/c1-3-23-48(24-4-1)73(49-25-5-2-6-26-49)56-31-11-8-28-53(56)71-62(73)37-21-39-65(71)76(50-45-46-52-51-27-7-10-30-55(51)75(64(52)47-50)60-35-15-19-43-69(60)78-70-44-20-16-36-61(70)75)66-40-22-38-63-72(66)54-29-9-12-32-57(54)74(63)58-33-13-17-41-67(58)77-68-42-18-14-34-59(68)74/h1-47H. The Morgan fingerprint density at radius 3 is 1.04 bits per heavy atom. The molecule has 12 aromatic rings. The minimum atomic E-state index is -0.676. The molecule has 0 saturated carbocycles. The summed E-state index contributed by atoms with van der Waals surface area (Å²) in [6.45, 7) is 0. The van der Waals surface area contributed by atoms with Crippen molar-refractivity contribution in [3.63, 3.8) is 0 Å². The van der Waals surface area contributed by atoms with Gasteiger partial charge in [0.15, 0.2) is 0 Å². The lowest BCUT2D eigenvalue weighted by Gasteiger charge is -2.40. The molecule has 3 heteroatoms. The molecule has 0 fully saturated rings. The topological polar surface area (TPSA) is 21.7 Å². The maximum absolute atomic E-state index is 6.86. The summed E-state index contributed by atoms with van der Waals surface area (Å²) in [5, 5.41) is 0. The summed E-state index contributed by atoms with van der Waals surface area (Å²) in [7, 11) is 0. The summed E-state index contributed by atoms with van der Waals surface area (Å²) in [4.78, 5) is 2.61. The van der Waals surface area contributed by atoms with Gasteiger partial charge in [-0.2, -0.15) is 0 Å². The van der Waals surface area contributed by atoms with Crippen LogP contribution in [-0.4, -0.2) is 0 Å². The zero-order valence-electron chi connectivity index (χ0n) is 42.4. The molecule has 0 aromatic heterocycles. The molecule has 0 bridgehead atoms. The minimum absolute atomic E-state index is 0.611. The van der Waals surface area contributed by atoms with Gasteiger partial charge in [-0.15, -0.1) is 0 Å². The maximum atomic E-state index is 6.86. The Morgan fingerprint density at radius 1 is 0.231 bits per heavy atom. The fourth-order valence-electron chi connectivity index (χ4n) is 15.1. The van der Waals surface area contributed by atoms with Crippen LogP contribution in [0.2, 0.25) is 0 Å². The second-order valence-corrected chi connectivity index (χ2v) is 21.3. The van der Waals surface area contributed by atoms with E-state index < -0.39 is 16.2 Å². The van der Waals surface area contributed by atoms with Crippen molar-refractivity contribution in [3.05, 3.63) is 352 Å². The van der Waals surface area contributed by atoms with E-state index in [1.54, 1.807) is 0 Å². The van der Waals surface area contributed by atoms with Crippen LogP contribution in [0, 0.1) is 0 Å². The molecule has 3 nitrogen and oxygen atoms in total. The first-order valence-corrected chi connectivity index (χ1v) is 27.1. The predicted octanol–water partition coefficient (Wildman–Crippen LogP) is 18.5. The molecule has 2 heterocycles. The van der Waals surface area contributed by atoms with E-state index in [-0.39, 0.29) is 0 Å². The number of fused-ring (bicyclic) bond motifs is 21. The number of hydrogen-bond acceptors (Lipinski definition) is 3. The molecule has 5 aliphatic rings. The molecule has 3 aliphatic carbocycles. The lowest BCUT2D eigenvalue weighted by molar-refractivity contribution is 0.436. The van der Waals surface area contributed by atoms with Gasteiger partial charge in [-0.05, 0) is 115 Å². The Bertz CT molecular complexity index is 4350. The zero-order valence-corrected chi connectivity index (χ0v) is 42.4. The molecule has 0 unspecified atom stereocenters. The van der Waals surface area contributed by atoms with Crippen LogP contribution < -0.4 is 14.4 Å². The summed E-state index contributed by atoms with van der Waals surface area (Å²) in [5.41, 5.74) is 23.0. The van der Waals surface area contributed by atoms with Gasteiger partial charge in [-0.3, -0.25) is 0 Å². The van der Waals surface area contributed by atoms with Crippen LogP contribution in [0.1, 0.15) is 66.8 Å². The summed E-state index contributed by atoms with van der Waals surface area (Å²) < 4.78 is 13.7. The molecule has 0 atom stereocenters. The van der Waals surface area contributed by atoms with Gasteiger partial charge in [0.05, 0.1) is 27.6 Å². The van der Waals surface area contributed by atoms with E-state index in [9.17, 15) is 0 Å². The molecular weight excluding hydrogens is 947 g/mol. The van der Waals surface area contributed by atoms with Crippen molar-refractivity contribution in [2.75, 3.05) is 4.90 Å². The minimum Gasteiger partial charge on any atom is -0.457 e. The molecule has 2 aliphatic heterocycles. The van der Waals surface area contributed by atoms with E-state index in [0.29, 0.717) is 0 Å². The first-order chi connectivity index (χ1) is 38.7. The van der Waals surface area contributed by atoms with Crippen molar-refractivity contribution in [1.29, 1.82) is 0 Å². The molecule has 78 heavy (non-hydrogen) atoms. The van der Waals surface area contributed by atoms with Crippen LogP contribution in [-0.2, 0) is 16.2 Å². The normalized spacial score (nSPS) is 14.9. The number of rotatable bonds is 5. The fraction of sp³-hybridized carbons (Fsp3) is 0.0400. The van der Waals surface area contributed by atoms with E-state index in [0.717, 1.165) is 62.3 Å². The molecule has 364 valence electrons. The number of ether oxygens (including phenoxy) is 2. The van der Waals surface area contributed by atoms with Crippen LogP contribution in [0.25, 0.3) is 33.4 Å². The van der Waals surface area contributed by atoms with Gasteiger partial charge >= 0.3 is 0 Å². The van der Waals surface area contributed by atoms with Gasteiger partial charge < -0.3 is 14.4 Å². The van der Waals surface area contributed by atoms with Crippen LogP contribution in [0.5, 0.6) is 23.0 Å². The third-order valence-corrected chi connectivity index (χ3v) is 17.9. The summed E-state index contributed by atoms with van der Waals surface area (Å²) in [6.07, 6.45) is 0. The van der Waals surface area contributed by atoms with Crippen molar-refractivity contribution in [1.82, 2.24) is 0 Å². The smallest absolute Gasteiger partial charge is 0.132 e. The van der Waals surface area contributed by atoms with E-state index in [1.807, 2.05) is 0 Å². The molecular formula is C75H47NO2. The first kappa shape index (κ1) is 43.3. The van der Waals surface area contributed by atoms with Crippen molar-refractivity contribution in [2.45, 2.75) is 16.2 Å². The maximum Gasteiger partial charge on any atom is 0.132 e. The second-order valence-electron chi connectivity index (χ2n) is 21.3. The van der Waals surface area contributed by atoms with E-state index >= 15 is 0 Å². The van der Waals surface area contributed by atoms with Gasteiger partial charge in [-0.1, -0.05) is 237 Å². The molecule has 0 radical (unpaired) electrons. The first-order valence-electron chi connectivity index (χ1n) is 27.1. The number of benzene rings is 12. The van der Waals surface area contributed by atoms with Crippen molar-refractivity contribution < 1.29 is 9.47 Å². The number of para-hydroxylation sites is 4. The number of nitrogens with zero attached hydrogens (tertiary/aromatic N) is 1. The SMILES string of the molecule is c1ccc(C2(c3ccccc3)c3ccccc3-c3c(N(c4ccc5c(c4)C4(c6ccccc6Oc6ccccc64)c4ccccc4-5)c4cccc5c4-c4ccccc4C54c5ccccc5Oc5ccccc54)cccc32)cc1. The largest absolute Gasteiger partial charge is 0.457 e. The quantitative estimate of drug-likeness (QED) is 0.172. The number of hydrogen-bond donors (Lipinski definition) is 0. The number of anilines is 3. The highest BCUT2D eigenvalue weighted by Gasteiger charge is 2.54. The van der Waals surface area contributed by atoms with Crippen molar-refractivity contribution >= 4 is 17.1 Å². The molecule has 12 aromatic carbocycles. The zero-order chi connectivity index (χ0) is 51.2. The monoisotopic (exact) mass is 993 g/mol. The van der Waals surface area contributed by atoms with Gasteiger partial charge in [0, 0.05) is 39.1 Å². The van der Waals surface area contributed by atoms with Crippen LogP contribution >= 0.6 is 0 Å². The van der Waals surface area contributed by atoms with E-state index in [2.05, 4.69) is 290 Å². The van der Waals surface area contributed by atoms with Gasteiger partial charge in [-0.25, -0.2) is 0 Å². The van der Waals surface area contributed by atoms with Crippen LogP contribution in [0.3, 0.4) is 0 Å². The Kier molecular flexibility index (Phi) is 8.90. The Labute approximate surface area is 453 Å².